The summed E-state index contributed by atoms with van der Waals surface area (Å²) in [6.07, 6.45) is 0.942. The number of rotatable bonds is 5. The summed E-state index contributed by atoms with van der Waals surface area (Å²) in [5.41, 5.74) is 1.37. The second-order valence-corrected chi connectivity index (χ2v) is 3.90. The topological polar surface area (TPSA) is 67.2 Å². The molecule has 0 aromatic carbocycles. The molecular formula is C11H19N3O2. The van der Waals surface area contributed by atoms with Gasteiger partial charge in [0.05, 0.1) is 6.10 Å². The summed E-state index contributed by atoms with van der Waals surface area (Å²) in [7, 11) is 1.80. The monoisotopic (exact) mass is 225 g/mol. The molecular weight excluding hydrogens is 206 g/mol. The lowest BCUT2D eigenvalue weighted by Gasteiger charge is -2.07. The molecule has 1 aromatic heterocycles. The van der Waals surface area contributed by atoms with Crippen LogP contribution < -0.4 is 5.32 Å². The molecule has 1 heterocycles. The van der Waals surface area contributed by atoms with Crippen LogP contribution in [-0.2, 0) is 7.05 Å². The van der Waals surface area contributed by atoms with Crippen molar-refractivity contribution in [2.75, 3.05) is 6.54 Å². The van der Waals surface area contributed by atoms with Crippen LogP contribution in [-0.4, -0.2) is 33.4 Å². The maximum atomic E-state index is 11.6. The van der Waals surface area contributed by atoms with Crippen LogP contribution in [0.15, 0.2) is 6.07 Å². The van der Waals surface area contributed by atoms with Crippen molar-refractivity contribution >= 4 is 5.91 Å². The molecule has 1 atom stereocenters. The van der Waals surface area contributed by atoms with E-state index < -0.39 is 0 Å². The van der Waals surface area contributed by atoms with Crippen LogP contribution in [0, 0.1) is 6.92 Å². The lowest BCUT2D eigenvalue weighted by atomic mass is 10.2. The van der Waals surface area contributed by atoms with Gasteiger partial charge in [-0.15, -0.1) is 0 Å². The molecule has 1 amide bonds. The number of aliphatic hydroxyl groups is 1. The predicted molar refractivity (Wildman–Crippen MR) is 61.2 cm³/mol. The van der Waals surface area contributed by atoms with Gasteiger partial charge in [-0.3, -0.25) is 9.48 Å². The van der Waals surface area contributed by atoms with E-state index in [0.29, 0.717) is 25.1 Å². The van der Waals surface area contributed by atoms with Gasteiger partial charge in [-0.2, -0.15) is 5.10 Å². The lowest BCUT2D eigenvalue weighted by molar-refractivity contribution is 0.0936. The van der Waals surface area contributed by atoms with Gasteiger partial charge in [0.25, 0.3) is 5.91 Å². The van der Waals surface area contributed by atoms with Crippen molar-refractivity contribution in [1.82, 2.24) is 15.1 Å². The first-order valence-corrected chi connectivity index (χ1v) is 5.51. The molecule has 0 radical (unpaired) electrons. The maximum Gasteiger partial charge on any atom is 0.271 e. The quantitative estimate of drug-likeness (QED) is 0.772. The Balaban J connectivity index is 2.41. The Morgan fingerprint density at radius 2 is 2.38 bits per heavy atom. The summed E-state index contributed by atoms with van der Waals surface area (Å²) in [5.74, 6) is -0.188. The number of hydrogen-bond acceptors (Lipinski definition) is 3. The van der Waals surface area contributed by atoms with E-state index in [1.165, 1.54) is 0 Å². The average molecular weight is 225 g/mol. The molecule has 0 fully saturated rings. The number of hydrogen-bond donors (Lipinski definition) is 2. The third-order valence-electron chi connectivity index (χ3n) is 2.58. The summed E-state index contributed by atoms with van der Waals surface area (Å²) in [4.78, 5) is 11.6. The van der Waals surface area contributed by atoms with Gasteiger partial charge >= 0.3 is 0 Å². The van der Waals surface area contributed by atoms with Crippen molar-refractivity contribution in [3.63, 3.8) is 0 Å². The third-order valence-corrected chi connectivity index (χ3v) is 2.58. The fourth-order valence-corrected chi connectivity index (χ4v) is 1.32. The Hall–Kier alpha value is -1.36. The lowest BCUT2D eigenvalue weighted by Crippen LogP contribution is -2.27. The average Bonchev–Trinajstić information content (AvgIpc) is 2.59. The van der Waals surface area contributed by atoms with Gasteiger partial charge in [0.1, 0.15) is 5.69 Å². The molecule has 5 heteroatoms. The number of aryl methyl sites for hydroxylation is 2. The van der Waals surface area contributed by atoms with E-state index in [-0.39, 0.29) is 12.0 Å². The molecule has 0 spiro atoms. The van der Waals surface area contributed by atoms with E-state index in [9.17, 15) is 9.90 Å². The highest BCUT2D eigenvalue weighted by Crippen LogP contribution is 2.01. The van der Waals surface area contributed by atoms with Crippen LogP contribution in [0.25, 0.3) is 0 Å². The maximum absolute atomic E-state index is 11.6. The minimum atomic E-state index is -0.342. The molecule has 2 N–H and O–H groups in total. The zero-order valence-corrected chi connectivity index (χ0v) is 10.0. The van der Waals surface area contributed by atoms with Crippen molar-refractivity contribution in [3.8, 4) is 0 Å². The van der Waals surface area contributed by atoms with Gasteiger partial charge in [0.2, 0.25) is 0 Å². The predicted octanol–water partition coefficient (Wildman–Crippen LogP) is 0.619. The molecule has 0 saturated carbocycles. The Bertz CT molecular complexity index is 341. The number of nitrogens with one attached hydrogen (secondary N) is 1. The molecule has 5 nitrogen and oxygen atoms in total. The molecule has 0 aliphatic rings. The van der Waals surface area contributed by atoms with E-state index in [4.69, 9.17) is 0 Å². The summed E-state index contributed by atoms with van der Waals surface area (Å²) in [6, 6.07) is 1.74. The molecule has 0 saturated heterocycles. The zero-order valence-electron chi connectivity index (χ0n) is 10.0. The largest absolute Gasteiger partial charge is 0.393 e. The van der Waals surface area contributed by atoms with Gasteiger partial charge < -0.3 is 10.4 Å². The molecule has 0 aliphatic carbocycles. The standard InChI is InChI=1S/C11H19N3O2/c1-4-9(15)5-6-12-11(16)10-7-8(2)14(3)13-10/h7,9,15H,4-6H2,1-3H3,(H,12,16). The smallest absolute Gasteiger partial charge is 0.271 e. The van der Waals surface area contributed by atoms with Crippen LogP contribution in [0.5, 0.6) is 0 Å². The Labute approximate surface area is 95.5 Å². The van der Waals surface area contributed by atoms with Gasteiger partial charge in [-0.25, -0.2) is 0 Å². The SMILES string of the molecule is CCC(O)CCNC(=O)c1cc(C)n(C)n1. The molecule has 0 aliphatic heterocycles. The van der Waals surface area contributed by atoms with Crippen molar-refractivity contribution < 1.29 is 9.90 Å². The van der Waals surface area contributed by atoms with E-state index >= 15 is 0 Å². The number of aliphatic hydroxyl groups excluding tert-OH is 1. The summed E-state index contributed by atoms with van der Waals surface area (Å²) in [6.45, 7) is 4.28. The van der Waals surface area contributed by atoms with Crippen LogP contribution >= 0.6 is 0 Å². The van der Waals surface area contributed by atoms with Gasteiger partial charge in [-0.1, -0.05) is 6.92 Å². The second kappa shape index (κ2) is 5.65. The summed E-state index contributed by atoms with van der Waals surface area (Å²) >= 11 is 0. The van der Waals surface area contributed by atoms with Crippen molar-refractivity contribution in [1.29, 1.82) is 0 Å². The summed E-state index contributed by atoms with van der Waals surface area (Å²) < 4.78 is 1.66. The minimum Gasteiger partial charge on any atom is -0.393 e. The van der Waals surface area contributed by atoms with E-state index in [1.54, 1.807) is 17.8 Å². The number of amides is 1. The number of carbonyl (C=O) groups excluding carboxylic acids is 1. The Morgan fingerprint density at radius 3 is 2.88 bits per heavy atom. The van der Waals surface area contributed by atoms with Gasteiger partial charge in [0.15, 0.2) is 0 Å². The molecule has 0 bridgehead atoms. The first-order chi connectivity index (χ1) is 7.54. The van der Waals surface area contributed by atoms with Crippen LogP contribution in [0.4, 0.5) is 0 Å². The van der Waals surface area contributed by atoms with Gasteiger partial charge in [0, 0.05) is 19.3 Å². The van der Waals surface area contributed by atoms with Crippen LogP contribution in [0.2, 0.25) is 0 Å². The minimum absolute atomic E-state index is 0.188. The fraction of sp³-hybridized carbons (Fsp3) is 0.636. The van der Waals surface area contributed by atoms with E-state index in [2.05, 4.69) is 10.4 Å². The van der Waals surface area contributed by atoms with E-state index in [1.807, 2.05) is 13.8 Å². The molecule has 1 unspecified atom stereocenters. The Morgan fingerprint density at radius 1 is 1.69 bits per heavy atom. The van der Waals surface area contributed by atoms with Crippen molar-refractivity contribution in [2.45, 2.75) is 32.8 Å². The second-order valence-electron chi connectivity index (χ2n) is 3.90. The van der Waals surface area contributed by atoms with Gasteiger partial charge in [-0.05, 0) is 25.8 Å². The van der Waals surface area contributed by atoms with Crippen LogP contribution in [0.1, 0.15) is 35.9 Å². The Kier molecular flexibility index (Phi) is 4.49. The highest BCUT2D eigenvalue weighted by atomic mass is 16.3. The molecule has 90 valence electrons. The zero-order chi connectivity index (χ0) is 12.1. The number of carbonyl (C=O) groups is 1. The highest BCUT2D eigenvalue weighted by molar-refractivity contribution is 5.92. The normalized spacial score (nSPS) is 12.5. The molecule has 1 rings (SSSR count). The molecule has 16 heavy (non-hydrogen) atoms. The van der Waals surface area contributed by atoms with Crippen molar-refractivity contribution in [3.05, 3.63) is 17.5 Å². The van der Waals surface area contributed by atoms with Crippen LogP contribution in [0.3, 0.4) is 0 Å². The third kappa shape index (κ3) is 3.34. The molecule has 1 aromatic rings. The first kappa shape index (κ1) is 12.7. The highest BCUT2D eigenvalue weighted by Gasteiger charge is 2.10. The first-order valence-electron chi connectivity index (χ1n) is 5.51. The number of nitrogens with zero attached hydrogens (tertiary/aromatic N) is 2. The van der Waals surface area contributed by atoms with E-state index in [0.717, 1.165) is 5.69 Å². The fourth-order valence-electron chi connectivity index (χ4n) is 1.32. The summed E-state index contributed by atoms with van der Waals surface area (Å²) in [5, 5.41) is 16.1. The number of aromatic nitrogens is 2. The van der Waals surface area contributed by atoms with Crippen molar-refractivity contribution in [2.24, 2.45) is 7.05 Å².